The van der Waals surface area contributed by atoms with E-state index < -0.39 is 18.8 Å². The molecule has 2 heterocycles. The quantitative estimate of drug-likeness (QED) is 0.578. The van der Waals surface area contributed by atoms with E-state index in [2.05, 4.69) is 25.3 Å². The summed E-state index contributed by atoms with van der Waals surface area (Å²) in [6, 6.07) is -0.967. The van der Waals surface area contributed by atoms with Gasteiger partial charge in [0.05, 0.1) is 6.33 Å². The van der Waals surface area contributed by atoms with Crippen molar-refractivity contribution in [2.75, 3.05) is 18.2 Å². The number of nitrogens with two attached hydrogens (primary N) is 1. The summed E-state index contributed by atoms with van der Waals surface area (Å²) in [5.74, 6) is 0.254. The van der Waals surface area contributed by atoms with Crippen molar-refractivity contribution in [3.63, 3.8) is 0 Å². The molecule has 3 rings (SSSR count). The van der Waals surface area contributed by atoms with E-state index in [-0.39, 0.29) is 11.8 Å². The van der Waals surface area contributed by atoms with Gasteiger partial charge in [-0.15, -0.1) is 0 Å². The van der Waals surface area contributed by atoms with Crippen LogP contribution in [0.25, 0.3) is 11.2 Å². The zero-order valence-electron chi connectivity index (χ0n) is 12.5. The summed E-state index contributed by atoms with van der Waals surface area (Å²) in [7, 11) is 1.00. The first-order chi connectivity index (χ1) is 9.34. The first-order valence-corrected chi connectivity index (χ1v) is 4.52. The average molecular weight is 226 g/mol. The number of aromatic nitrogens is 4. The number of aromatic amines is 1. The Balaban J connectivity index is 0.000000704. The molecule has 16 heavy (non-hydrogen) atoms. The molecule has 0 bridgehead atoms. The summed E-state index contributed by atoms with van der Waals surface area (Å²) >= 11 is 0. The Bertz CT molecular complexity index is 616. The Morgan fingerprint density at radius 1 is 1.56 bits per heavy atom. The number of anilines is 2. The van der Waals surface area contributed by atoms with Crippen molar-refractivity contribution in [2.24, 2.45) is 0 Å². The van der Waals surface area contributed by atoms with Gasteiger partial charge < -0.3 is 21.1 Å². The maximum atomic E-state index is 7.51. The van der Waals surface area contributed by atoms with Crippen LogP contribution in [0.4, 0.5) is 11.8 Å². The Hall–Kier alpha value is -1.89. The molecule has 0 radical (unpaired) electrons. The van der Waals surface area contributed by atoms with E-state index in [1.807, 2.05) is 0 Å². The fraction of sp³-hybridized carbons (Fsp3) is 0.444. The first-order valence-electron chi connectivity index (χ1n) is 6.52. The smallest absolute Gasteiger partial charge is 0.224 e. The number of nitrogen functional groups attached to an aromatic ring is 1. The summed E-state index contributed by atoms with van der Waals surface area (Å²) in [5.41, 5.74) is 6.34. The fourth-order valence-corrected chi connectivity index (χ4v) is 1.21. The maximum absolute atomic E-state index is 7.51. The number of imidazole rings is 1. The summed E-state index contributed by atoms with van der Waals surface area (Å²) in [6.07, 6.45) is -2.45. The third-order valence-corrected chi connectivity index (χ3v) is 1.87. The van der Waals surface area contributed by atoms with Crippen LogP contribution >= 0.6 is 0 Å². The second-order valence-electron chi connectivity index (χ2n) is 2.90. The van der Waals surface area contributed by atoms with Gasteiger partial charge >= 0.3 is 0 Å². The molecule has 0 saturated heterocycles. The molecular formula is C9H14N6O. The van der Waals surface area contributed by atoms with Gasteiger partial charge in [-0.05, 0) is 12.7 Å². The number of nitrogens with zero attached hydrogens (tertiary/aromatic N) is 3. The minimum absolute atomic E-state index is 0.00104. The molecule has 1 aliphatic rings. The molecule has 1 fully saturated rings. The molecule has 1 saturated carbocycles. The molecule has 0 aliphatic heterocycles. The molecule has 1 aliphatic carbocycles. The largest absolute Gasteiger partial charge is 0.400 e. The molecule has 0 spiro atoms. The summed E-state index contributed by atoms with van der Waals surface area (Å²) < 4.78 is 30.0. The SMILES string of the molecule is CO.[2H]C1([2H])C(Nc2nc(N)nc3nc[nH]c23)C1([2H])[2H]. The van der Waals surface area contributed by atoms with Gasteiger partial charge in [0.25, 0.3) is 0 Å². The third kappa shape index (κ3) is 2.03. The van der Waals surface area contributed by atoms with Crippen molar-refractivity contribution in [1.82, 2.24) is 19.9 Å². The Labute approximate surface area is 97.7 Å². The highest BCUT2D eigenvalue weighted by atomic mass is 16.2. The molecule has 0 aromatic carbocycles. The van der Waals surface area contributed by atoms with Crippen LogP contribution in [0.15, 0.2) is 6.33 Å². The highest BCUT2D eigenvalue weighted by Crippen LogP contribution is 2.26. The van der Waals surface area contributed by atoms with Crippen LogP contribution in [0, 0.1) is 0 Å². The monoisotopic (exact) mass is 226 g/mol. The number of hydrogen-bond donors (Lipinski definition) is 4. The Morgan fingerprint density at radius 3 is 3.00 bits per heavy atom. The standard InChI is InChI=1S/C8H10N6.CH4O/c9-8-13-6-5(10-3-11-6)7(14-8)12-4-1-2-4;1-2/h3-4H,1-2H2,(H4,9,10,11,12,13,14);2H,1H3/i1D2,2D2;. The number of rotatable bonds is 2. The zero-order chi connectivity index (χ0) is 15.1. The number of fused-ring (bicyclic) bond motifs is 1. The van der Waals surface area contributed by atoms with Crippen molar-refractivity contribution in [3.8, 4) is 0 Å². The lowest BCUT2D eigenvalue weighted by Gasteiger charge is -2.04. The van der Waals surface area contributed by atoms with E-state index in [1.54, 1.807) is 0 Å². The minimum atomic E-state index is -1.93. The number of H-pyrrole nitrogens is 1. The van der Waals surface area contributed by atoms with Crippen LogP contribution in [0.3, 0.4) is 0 Å². The molecule has 86 valence electrons. The topological polar surface area (TPSA) is 113 Å². The van der Waals surface area contributed by atoms with Crippen LogP contribution in [0.5, 0.6) is 0 Å². The Kier molecular flexibility index (Phi) is 1.79. The fourth-order valence-electron chi connectivity index (χ4n) is 1.21. The molecule has 0 unspecified atom stereocenters. The number of hydrogen-bond acceptors (Lipinski definition) is 6. The van der Waals surface area contributed by atoms with E-state index in [0.29, 0.717) is 11.2 Å². The molecule has 0 atom stereocenters. The van der Waals surface area contributed by atoms with Crippen LogP contribution in [-0.4, -0.2) is 38.2 Å². The third-order valence-electron chi connectivity index (χ3n) is 1.87. The zero-order valence-corrected chi connectivity index (χ0v) is 8.52. The second kappa shape index (κ2) is 4.31. The number of aliphatic hydroxyl groups is 1. The number of aliphatic hydroxyl groups excluding tert-OH is 1. The predicted octanol–water partition coefficient (Wildman–Crippen LogP) is 0.118. The van der Waals surface area contributed by atoms with Crippen molar-refractivity contribution < 1.29 is 10.6 Å². The van der Waals surface area contributed by atoms with Crippen molar-refractivity contribution in [1.29, 1.82) is 0 Å². The van der Waals surface area contributed by atoms with E-state index >= 15 is 0 Å². The van der Waals surface area contributed by atoms with Gasteiger partial charge in [0, 0.05) is 18.6 Å². The van der Waals surface area contributed by atoms with Gasteiger partial charge in [0.2, 0.25) is 5.95 Å². The lowest BCUT2D eigenvalue weighted by atomic mass is 10.4. The molecule has 5 N–H and O–H groups in total. The molecular weight excluding hydrogens is 208 g/mol. The van der Waals surface area contributed by atoms with E-state index in [1.165, 1.54) is 6.33 Å². The predicted molar refractivity (Wildman–Crippen MR) is 60.9 cm³/mol. The summed E-state index contributed by atoms with van der Waals surface area (Å²) in [6.45, 7) is 0. The van der Waals surface area contributed by atoms with Crippen LogP contribution in [0.2, 0.25) is 0 Å². The molecule has 0 amide bonds. The van der Waals surface area contributed by atoms with Crippen LogP contribution in [-0.2, 0) is 0 Å². The molecule has 2 aromatic heterocycles. The van der Waals surface area contributed by atoms with E-state index in [9.17, 15) is 0 Å². The lowest BCUT2D eigenvalue weighted by Crippen LogP contribution is -2.06. The number of nitrogens with one attached hydrogen (secondary N) is 2. The van der Waals surface area contributed by atoms with Gasteiger partial charge in [0.15, 0.2) is 11.5 Å². The van der Waals surface area contributed by atoms with Gasteiger partial charge in [0.1, 0.15) is 5.52 Å². The first kappa shape index (κ1) is 6.64. The van der Waals surface area contributed by atoms with Gasteiger partial charge in [-0.1, -0.05) is 0 Å². The van der Waals surface area contributed by atoms with Crippen molar-refractivity contribution in [2.45, 2.75) is 18.8 Å². The highest BCUT2D eigenvalue weighted by Gasteiger charge is 2.23. The maximum Gasteiger partial charge on any atom is 0.224 e. The van der Waals surface area contributed by atoms with Gasteiger partial charge in [-0.25, -0.2) is 4.98 Å². The van der Waals surface area contributed by atoms with Crippen LogP contribution < -0.4 is 11.1 Å². The van der Waals surface area contributed by atoms with Crippen molar-refractivity contribution in [3.05, 3.63) is 6.33 Å². The Morgan fingerprint density at radius 2 is 2.31 bits per heavy atom. The minimum Gasteiger partial charge on any atom is -0.400 e. The summed E-state index contributed by atoms with van der Waals surface area (Å²) in [5, 5.41) is 9.71. The average Bonchev–Trinajstić information content (AvgIpc) is 2.78. The lowest BCUT2D eigenvalue weighted by molar-refractivity contribution is 0.399. The van der Waals surface area contributed by atoms with Gasteiger partial charge in [-0.3, -0.25) is 0 Å². The normalized spacial score (nSPS) is 24.4. The van der Waals surface area contributed by atoms with Crippen molar-refractivity contribution >= 4 is 22.9 Å². The summed E-state index contributed by atoms with van der Waals surface area (Å²) in [4.78, 5) is 14.6. The molecule has 2 aromatic rings. The highest BCUT2D eigenvalue weighted by molar-refractivity contribution is 5.83. The molecule has 7 heteroatoms. The molecule has 7 nitrogen and oxygen atoms in total. The second-order valence-corrected chi connectivity index (χ2v) is 2.90. The van der Waals surface area contributed by atoms with Gasteiger partial charge in [-0.2, -0.15) is 9.97 Å². The van der Waals surface area contributed by atoms with E-state index in [0.717, 1.165) is 7.11 Å². The van der Waals surface area contributed by atoms with Crippen LogP contribution in [0.1, 0.15) is 18.2 Å². The van der Waals surface area contributed by atoms with E-state index in [4.69, 9.17) is 16.3 Å².